The molecule has 2 bridgehead atoms. The van der Waals surface area contributed by atoms with Crippen molar-refractivity contribution in [2.75, 3.05) is 19.6 Å². The third-order valence-corrected chi connectivity index (χ3v) is 3.68. The molecule has 2 atom stereocenters. The van der Waals surface area contributed by atoms with E-state index in [1.54, 1.807) is 4.80 Å². The average molecular weight is 304 g/mol. The molecule has 2 saturated heterocycles. The minimum Gasteiger partial charge on any atom is -0.473 e. The molecule has 0 saturated carbocycles. The van der Waals surface area contributed by atoms with Gasteiger partial charge in [0, 0.05) is 13.1 Å². The van der Waals surface area contributed by atoms with Gasteiger partial charge in [0.05, 0.1) is 5.54 Å². The first-order chi connectivity index (χ1) is 9.43. The number of nitrogens with zero attached hydrogens (tertiary/aromatic N) is 5. The van der Waals surface area contributed by atoms with Crippen molar-refractivity contribution in [2.45, 2.75) is 24.8 Å². The van der Waals surface area contributed by atoms with E-state index in [4.69, 9.17) is 31.4 Å². The van der Waals surface area contributed by atoms with Gasteiger partial charge in [-0.05, 0) is 42.6 Å². The molecular weight excluding hydrogens is 290 g/mol. The SMILES string of the molecule is Clc1nnn(C23CCCN(CC2)C3)n1.O=C(O)C(=O)O. The number of carboxylic acid groups (broad SMARTS) is 2. The maximum Gasteiger partial charge on any atom is 0.414 e. The van der Waals surface area contributed by atoms with Crippen molar-refractivity contribution in [3.8, 4) is 0 Å². The van der Waals surface area contributed by atoms with Crippen LogP contribution in [0.15, 0.2) is 0 Å². The predicted octanol–water partition coefficient (Wildman–Crippen LogP) is -0.323. The first-order valence-corrected chi connectivity index (χ1v) is 6.45. The fourth-order valence-electron chi connectivity index (χ4n) is 2.63. The highest BCUT2D eigenvalue weighted by atomic mass is 35.5. The largest absolute Gasteiger partial charge is 0.473 e. The Morgan fingerprint density at radius 2 is 1.90 bits per heavy atom. The van der Waals surface area contributed by atoms with Crippen molar-refractivity contribution in [2.24, 2.45) is 0 Å². The van der Waals surface area contributed by atoms with Gasteiger partial charge in [-0.2, -0.15) is 4.80 Å². The quantitative estimate of drug-likeness (QED) is 0.677. The standard InChI is InChI=1S/C8H12ClN5.C2H2O4/c9-7-10-12-14(11-7)8-2-1-4-13(6-8)5-3-8;3-1(4)2(5)6/h1-6H2;(H,3,4)(H,5,6). The molecule has 110 valence electrons. The van der Waals surface area contributed by atoms with E-state index in [1.165, 1.54) is 13.0 Å². The second kappa shape index (κ2) is 5.71. The molecule has 3 rings (SSSR count). The van der Waals surface area contributed by atoms with Crippen LogP contribution >= 0.6 is 11.6 Å². The number of hydrogen-bond donors (Lipinski definition) is 2. The van der Waals surface area contributed by atoms with Crippen LogP contribution in [0.2, 0.25) is 5.28 Å². The van der Waals surface area contributed by atoms with Crippen molar-refractivity contribution in [3.63, 3.8) is 0 Å². The van der Waals surface area contributed by atoms with Crippen LogP contribution in [0.5, 0.6) is 0 Å². The van der Waals surface area contributed by atoms with Gasteiger partial charge in [-0.1, -0.05) is 5.10 Å². The van der Waals surface area contributed by atoms with Crippen molar-refractivity contribution >= 4 is 23.5 Å². The number of fused-ring (bicyclic) bond motifs is 2. The van der Waals surface area contributed by atoms with Gasteiger partial charge in [-0.25, -0.2) is 9.59 Å². The zero-order valence-corrected chi connectivity index (χ0v) is 11.3. The second-order valence-electron chi connectivity index (χ2n) is 4.81. The van der Waals surface area contributed by atoms with Crippen LogP contribution in [0.4, 0.5) is 0 Å². The summed E-state index contributed by atoms with van der Waals surface area (Å²) in [6.45, 7) is 3.42. The predicted molar refractivity (Wildman–Crippen MR) is 66.4 cm³/mol. The molecule has 2 aliphatic heterocycles. The molecule has 0 aromatic carbocycles. The van der Waals surface area contributed by atoms with Gasteiger partial charge >= 0.3 is 11.9 Å². The van der Waals surface area contributed by atoms with E-state index in [9.17, 15) is 0 Å². The number of aromatic nitrogens is 4. The molecule has 0 spiro atoms. The highest BCUT2D eigenvalue weighted by Crippen LogP contribution is 2.36. The lowest BCUT2D eigenvalue weighted by molar-refractivity contribution is -0.159. The Morgan fingerprint density at radius 3 is 2.45 bits per heavy atom. The number of hydrogen-bond acceptors (Lipinski definition) is 6. The molecule has 2 aliphatic rings. The van der Waals surface area contributed by atoms with Crippen LogP contribution in [0.25, 0.3) is 0 Å². The van der Waals surface area contributed by atoms with E-state index in [-0.39, 0.29) is 10.8 Å². The van der Waals surface area contributed by atoms with E-state index in [1.807, 2.05) is 0 Å². The third kappa shape index (κ3) is 3.05. The maximum absolute atomic E-state index is 9.10. The Bertz CT molecular complexity index is 506. The summed E-state index contributed by atoms with van der Waals surface area (Å²) in [6, 6.07) is 0. The molecule has 0 radical (unpaired) electrons. The number of carbonyl (C=O) groups is 2. The normalized spacial score (nSPS) is 27.6. The molecular formula is C10H14ClN5O4. The molecule has 20 heavy (non-hydrogen) atoms. The number of tetrazole rings is 1. The average Bonchev–Trinajstić information content (AvgIpc) is 2.96. The molecule has 3 heterocycles. The number of rotatable bonds is 1. The molecule has 10 heteroatoms. The fourth-order valence-corrected chi connectivity index (χ4v) is 2.73. The van der Waals surface area contributed by atoms with Gasteiger partial charge in [0.25, 0.3) is 5.28 Å². The van der Waals surface area contributed by atoms with E-state index in [0.717, 1.165) is 25.9 Å². The molecule has 0 aliphatic carbocycles. The summed E-state index contributed by atoms with van der Waals surface area (Å²) in [4.78, 5) is 22.4. The minimum absolute atomic E-state index is 0.0817. The lowest BCUT2D eigenvalue weighted by Gasteiger charge is -2.32. The van der Waals surface area contributed by atoms with Gasteiger partial charge in [-0.15, -0.1) is 5.10 Å². The smallest absolute Gasteiger partial charge is 0.414 e. The van der Waals surface area contributed by atoms with E-state index < -0.39 is 11.9 Å². The summed E-state index contributed by atoms with van der Waals surface area (Å²) in [5, 5.41) is 26.9. The number of carboxylic acids is 2. The first-order valence-electron chi connectivity index (χ1n) is 6.07. The summed E-state index contributed by atoms with van der Waals surface area (Å²) < 4.78 is 0. The van der Waals surface area contributed by atoms with Gasteiger partial charge in [0.2, 0.25) is 0 Å². The van der Waals surface area contributed by atoms with Crippen LogP contribution in [0.3, 0.4) is 0 Å². The number of piperidine rings is 1. The van der Waals surface area contributed by atoms with Crippen LogP contribution in [0, 0.1) is 0 Å². The van der Waals surface area contributed by atoms with Crippen molar-refractivity contribution < 1.29 is 19.8 Å². The molecule has 2 unspecified atom stereocenters. The zero-order chi connectivity index (χ0) is 14.8. The Hall–Kier alpha value is -1.74. The third-order valence-electron chi connectivity index (χ3n) is 3.52. The summed E-state index contributed by atoms with van der Waals surface area (Å²) in [5.41, 5.74) is 0.0817. The highest BCUT2D eigenvalue weighted by Gasteiger charge is 2.44. The van der Waals surface area contributed by atoms with Crippen molar-refractivity contribution in [1.29, 1.82) is 0 Å². The lowest BCUT2D eigenvalue weighted by atomic mass is 9.91. The first kappa shape index (κ1) is 14.7. The zero-order valence-electron chi connectivity index (χ0n) is 10.6. The van der Waals surface area contributed by atoms with Gasteiger partial charge < -0.3 is 15.1 Å². The van der Waals surface area contributed by atoms with Crippen LogP contribution < -0.4 is 0 Å². The molecule has 0 amide bonds. The topological polar surface area (TPSA) is 121 Å². The van der Waals surface area contributed by atoms with E-state index in [2.05, 4.69) is 20.3 Å². The summed E-state index contributed by atoms with van der Waals surface area (Å²) >= 11 is 5.69. The second-order valence-corrected chi connectivity index (χ2v) is 5.15. The van der Waals surface area contributed by atoms with Crippen LogP contribution in [-0.4, -0.2) is 66.9 Å². The molecule has 1 aromatic heterocycles. The Morgan fingerprint density at radius 1 is 1.20 bits per heavy atom. The Labute approximate surface area is 119 Å². The minimum atomic E-state index is -1.82. The number of aliphatic carboxylic acids is 2. The lowest BCUT2D eigenvalue weighted by Crippen LogP contribution is -2.42. The van der Waals surface area contributed by atoms with Crippen LogP contribution in [-0.2, 0) is 15.1 Å². The molecule has 1 aromatic rings. The van der Waals surface area contributed by atoms with E-state index in [0.29, 0.717) is 0 Å². The molecule has 9 nitrogen and oxygen atoms in total. The summed E-state index contributed by atoms with van der Waals surface area (Å²) in [5.74, 6) is -3.65. The molecule has 2 fully saturated rings. The summed E-state index contributed by atoms with van der Waals surface area (Å²) in [6.07, 6.45) is 3.50. The van der Waals surface area contributed by atoms with Crippen molar-refractivity contribution in [1.82, 2.24) is 25.1 Å². The Kier molecular flexibility index (Phi) is 4.19. The van der Waals surface area contributed by atoms with Crippen LogP contribution in [0.1, 0.15) is 19.3 Å². The fraction of sp³-hybridized carbons (Fsp3) is 0.700. The molecule has 2 N–H and O–H groups in total. The van der Waals surface area contributed by atoms with E-state index >= 15 is 0 Å². The Balaban J connectivity index is 0.000000212. The summed E-state index contributed by atoms with van der Waals surface area (Å²) in [7, 11) is 0. The maximum atomic E-state index is 9.10. The van der Waals surface area contributed by atoms with Gasteiger partial charge in [0.1, 0.15) is 0 Å². The number of halogens is 1. The van der Waals surface area contributed by atoms with Gasteiger partial charge in [0.15, 0.2) is 0 Å². The highest BCUT2D eigenvalue weighted by molar-refractivity contribution is 6.28. The monoisotopic (exact) mass is 303 g/mol. The van der Waals surface area contributed by atoms with Gasteiger partial charge in [-0.3, -0.25) is 0 Å². The van der Waals surface area contributed by atoms with Crippen molar-refractivity contribution in [3.05, 3.63) is 5.28 Å².